The monoisotopic (exact) mass is 350 g/mol. The third kappa shape index (κ3) is 5.08. The summed E-state index contributed by atoms with van der Waals surface area (Å²) in [5.74, 6) is 0.405. The molecule has 0 aromatic heterocycles. The lowest BCUT2D eigenvalue weighted by atomic mass is 9.61. The molecule has 1 fully saturated rings. The van der Waals surface area contributed by atoms with Gasteiger partial charge in [-0.25, -0.2) is 4.79 Å². The molecule has 26 heavy (non-hydrogen) atoms. The summed E-state index contributed by atoms with van der Waals surface area (Å²) in [6.07, 6.45) is 8.44. The van der Waals surface area contributed by atoms with Gasteiger partial charge >= 0.3 is 5.97 Å². The fourth-order valence-electron chi connectivity index (χ4n) is 3.70. The first-order valence-corrected chi connectivity index (χ1v) is 9.22. The van der Waals surface area contributed by atoms with Crippen LogP contribution in [0.15, 0.2) is 73.4 Å². The van der Waals surface area contributed by atoms with Gasteiger partial charge in [0.05, 0.1) is 0 Å². The molecule has 0 unspecified atom stereocenters. The minimum atomic E-state index is -0.345. The Morgan fingerprint density at radius 1 is 1.31 bits per heavy atom. The minimum Gasteiger partial charge on any atom is -0.458 e. The van der Waals surface area contributed by atoms with Crippen LogP contribution in [0.3, 0.4) is 0 Å². The summed E-state index contributed by atoms with van der Waals surface area (Å²) >= 11 is 0. The Balaban J connectivity index is 1.96. The molecule has 1 saturated carbocycles. The highest BCUT2D eigenvalue weighted by Gasteiger charge is 2.39. The largest absolute Gasteiger partial charge is 0.458 e. The molecule has 3 atom stereocenters. The maximum atomic E-state index is 12.0. The van der Waals surface area contributed by atoms with Crippen molar-refractivity contribution in [3.05, 3.63) is 78.9 Å². The maximum Gasteiger partial charge on any atom is 0.331 e. The highest BCUT2D eigenvalue weighted by molar-refractivity contribution is 5.87. The zero-order valence-electron chi connectivity index (χ0n) is 16.0. The zero-order valence-corrected chi connectivity index (χ0v) is 16.0. The van der Waals surface area contributed by atoms with E-state index in [1.54, 1.807) is 6.08 Å². The molecule has 0 bridgehead atoms. The molecule has 1 aromatic rings. The predicted molar refractivity (Wildman–Crippen MR) is 110 cm³/mol. The van der Waals surface area contributed by atoms with Crippen LogP contribution in [0.4, 0.5) is 0 Å². The van der Waals surface area contributed by atoms with Crippen LogP contribution in [-0.4, -0.2) is 12.6 Å². The summed E-state index contributed by atoms with van der Waals surface area (Å²) in [6, 6.07) is 9.70. The fourth-order valence-corrected chi connectivity index (χ4v) is 3.70. The molecule has 0 spiro atoms. The van der Waals surface area contributed by atoms with E-state index in [0.717, 1.165) is 30.4 Å². The normalized spacial score (nSPS) is 25.6. The van der Waals surface area contributed by atoms with Gasteiger partial charge in [-0.3, -0.25) is 0 Å². The van der Waals surface area contributed by atoms with Crippen molar-refractivity contribution >= 4 is 12.0 Å². The third-order valence-corrected chi connectivity index (χ3v) is 5.62. The van der Waals surface area contributed by atoms with Gasteiger partial charge in [0.15, 0.2) is 0 Å². The fraction of sp³-hybridized carbons (Fsp3) is 0.375. The first-order chi connectivity index (χ1) is 12.4. The first-order valence-electron chi connectivity index (χ1n) is 9.22. The molecule has 0 aliphatic heterocycles. The number of ether oxygens (including phenoxy) is 1. The minimum absolute atomic E-state index is 0.00464. The topological polar surface area (TPSA) is 26.3 Å². The van der Waals surface area contributed by atoms with Crippen molar-refractivity contribution in [1.82, 2.24) is 0 Å². The molecule has 0 heterocycles. The molecule has 2 rings (SSSR count). The number of carbonyl (C=O) groups is 1. The van der Waals surface area contributed by atoms with E-state index in [9.17, 15) is 4.79 Å². The summed E-state index contributed by atoms with van der Waals surface area (Å²) in [5.41, 5.74) is 3.14. The highest BCUT2D eigenvalue weighted by Crippen LogP contribution is 2.48. The standard InChI is InChI=1S/C24H30O2/c1-6-24(5)15-14-21(18(2)3)16-22(24)19(4)17-26-23(25)13-12-20-10-8-7-9-11-20/h6-13,21-22H,1-2,4,14-17H2,3,5H3/b13-12+/t21-,22+,24-/m1/s1. The summed E-state index contributed by atoms with van der Waals surface area (Å²) in [7, 11) is 0. The average Bonchev–Trinajstić information content (AvgIpc) is 2.65. The number of benzene rings is 1. The molecule has 138 valence electrons. The van der Waals surface area contributed by atoms with Crippen molar-refractivity contribution in [2.75, 3.05) is 6.61 Å². The van der Waals surface area contributed by atoms with E-state index in [1.165, 1.54) is 11.6 Å². The summed E-state index contributed by atoms with van der Waals surface area (Å²) in [6.45, 7) is 16.9. The van der Waals surface area contributed by atoms with Crippen LogP contribution in [0, 0.1) is 17.3 Å². The lowest BCUT2D eigenvalue weighted by Gasteiger charge is -2.44. The van der Waals surface area contributed by atoms with Crippen LogP contribution in [0.5, 0.6) is 0 Å². The number of esters is 1. The molecular formula is C24H30O2. The van der Waals surface area contributed by atoms with Crippen molar-refractivity contribution < 1.29 is 9.53 Å². The molecule has 0 radical (unpaired) electrons. The molecule has 2 nitrogen and oxygen atoms in total. The van der Waals surface area contributed by atoms with E-state index < -0.39 is 0 Å². The lowest BCUT2D eigenvalue weighted by Crippen LogP contribution is -2.35. The smallest absolute Gasteiger partial charge is 0.331 e. The van der Waals surface area contributed by atoms with Crippen molar-refractivity contribution in [3.63, 3.8) is 0 Å². The van der Waals surface area contributed by atoms with Gasteiger partial charge < -0.3 is 4.74 Å². The van der Waals surface area contributed by atoms with Gasteiger partial charge in [0, 0.05) is 6.08 Å². The van der Waals surface area contributed by atoms with Crippen LogP contribution in [0.25, 0.3) is 6.08 Å². The molecule has 0 saturated heterocycles. The van der Waals surface area contributed by atoms with Crippen LogP contribution >= 0.6 is 0 Å². The van der Waals surface area contributed by atoms with E-state index in [4.69, 9.17) is 4.74 Å². The number of allylic oxidation sites excluding steroid dienone is 2. The summed E-state index contributed by atoms with van der Waals surface area (Å²) in [5, 5.41) is 0. The second-order valence-electron chi connectivity index (χ2n) is 7.59. The quantitative estimate of drug-likeness (QED) is 0.343. The Morgan fingerprint density at radius 2 is 2.00 bits per heavy atom. The van der Waals surface area contributed by atoms with E-state index in [2.05, 4.69) is 33.6 Å². The van der Waals surface area contributed by atoms with Gasteiger partial charge in [0.2, 0.25) is 0 Å². The Bertz CT molecular complexity index is 698. The second-order valence-corrected chi connectivity index (χ2v) is 7.59. The van der Waals surface area contributed by atoms with Gasteiger partial charge in [0.1, 0.15) is 6.61 Å². The highest BCUT2D eigenvalue weighted by atomic mass is 16.5. The Labute approximate surface area is 158 Å². The molecular weight excluding hydrogens is 320 g/mol. The van der Waals surface area contributed by atoms with E-state index in [0.29, 0.717) is 5.92 Å². The van der Waals surface area contributed by atoms with E-state index in [1.807, 2.05) is 36.4 Å². The van der Waals surface area contributed by atoms with Crippen LogP contribution in [-0.2, 0) is 9.53 Å². The first kappa shape index (κ1) is 20.0. The van der Waals surface area contributed by atoms with Crippen molar-refractivity contribution in [1.29, 1.82) is 0 Å². The summed E-state index contributed by atoms with van der Waals surface area (Å²) in [4.78, 5) is 12.0. The van der Waals surface area contributed by atoms with Crippen LogP contribution < -0.4 is 0 Å². The van der Waals surface area contributed by atoms with Crippen molar-refractivity contribution in [2.45, 2.75) is 33.1 Å². The average molecular weight is 351 g/mol. The van der Waals surface area contributed by atoms with E-state index >= 15 is 0 Å². The molecule has 1 aromatic carbocycles. The second kappa shape index (κ2) is 8.84. The van der Waals surface area contributed by atoms with Crippen LogP contribution in [0.2, 0.25) is 0 Å². The number of rotatable bonds is 7. The van der Waals surface area contributed by atoms with Crippen LogP contribution in [0.1, 0.15) is 38.7 Å². The summed E-state index contributed by atoms with van der Waals surface area (Å²) < 4.78 is 5.43. The van der Waals surface area contributed by atoms with Crippen molar-refractivity contribution in [3.8, 4) is 0 Å². The predicted octanol–water partition coefficient (Wildman–Crippen LogP) is 5.98. The van der Waals surface area contributed by atoms with Gasteiger partial charge in [-0.15, -0.1) is 6.58 Å². The number of hydrogen-bond acceptors (Lipinski definition) is 2. The molecule has 1 aliphatic carbocycles. The lowest BCUT2D eigenvalue weighted by molar-refractivity contribution is -0.137. The maximum absolute atomic E-state index is 12.0. The van der Waals surface area contributed by atoms with E-state index in [-0.39, 0.29) is 23.9 Å². The number of carbonyl (C=O) groups excluding carboxylic acids is 1. The van der Waals surface area contributed by atoms with Crippen molar-refractivity contribution in [2.24, 2.45) is 17.3 Å². The Kier molecular flexibility index (Phi) is 6.79. The number of hydrogen-bond donors (Lipinski definition) is 0. The zero-order chi connectivity index (χ0) is 19.2. The molecule has 1 aliphatic rings. The third-order valence-electron chi connectivity index (χ3n) is 5.62. The van der Waals surface area contributed by atoms with Gasteiger partial charge in [-0.05, 0) is 60.6 Å². The SMILES string of the molecule is C=C[C@]1(C)CC[C@@H](C(=C)C)C[C@H]1C(=C)COC(=O)/C=C/c1ccccc1. The molecule has 0 amide bonds. The molecule has 2 heteroatoms. The van der Waals surface area contributed by atoms with Gasteiger partial charge in [-0.1, -0.05) is 62.1 Å². The van der Waals surface area contributed by atoms with Gasteiger partial charge in [0.25, 0.3) is 0 Å². The Morgan fingerprint density at radius 3 is 2.62 bits per heavy atom. The Hall–Kier alpha value is -2.35. The van der Waals surface area contributed by atoms with Gasteiger partial charge in [-0.2, -0.15) is 0 Å². The molecule has 0 N–H and O–H groups in total.